The van der Waals surface area contributed by atoms with E-state index in [-0.39, 0.29) is 0 Å². The van der Waals surface area contributed by atoms with E-state index >= 15 is 0 Å². The minimum Gasteiger partial charge on any atom is -0.502 e. The Labute approximate surface area is 287 Å². The highest BCUT2D eigenvalue weighted by atomic mass is 16.6. The molecule has 0 fully saturated rings. The van der Waals surface area contributed by atoms with Crippen LogP contribution in [0.1, 0.15) is 22.3 Å². The molecule has 6 aromatic rings. The second kappa shape index (κ2) is 20.3. The fourth-order valence-electron chi connectivity index (χ4n) is 4.19. The van der Waals surface area contributed by atoms with Crippen LogP contribution < -0.4 is 0 Å². The van der Waals surface area contributed by atoms with E-state index in [2.05, 4.69) is 68.5 Å². The Morgan fingerprint density at radius 2 is 0.600 bits per heavy atom. The van der Waals surface area contributed by atoms with Gasteiger partial charge in [0.25, 0.3) is 0 Å². The molecule has 256 valence electrons. The molecule has 4 aromatic heterocycles. The number of hydrogen-bond donors (Lipinski definition) is 4. The Bertz CT molecular complexity index is 1640. The number of phenols is 4. The van der Waals surface area contributed by atoms with Crippen LogP contribution in [0.2, 0.25) is 0 Å². The Kier molecular flexibility index (Phi) is 15.2. The van der Waals surface area contributed by atoms with Gasteiger partial charge < -0.3 is 20.4 Å². The Morgan fingerprint density at radius 3 is 0.760 bits per heavy atom. The van der Waals surface area contributed by atoms with Crippen molar-refractivity contribution in [1.29, 1.82) is 0 Å². The van der Waals surface area contributed by atoms with Crippen LogP contribution in [0.15, 0.2) is 135 Å². The number of rotatable bonds is 8. The summed E-state index contributed by atoms with van der Waals surface area (Å²) in [6.45, 7) is 0. The fraction of sp³-hybridized carbons (Fsp3) is 0.111. The lowest BCUT2D eigenvalue weighted by molar-refractivity contribution is -0.387. The van der Waals surface area contributed by atoms with E-state index < -0.39 is 44.2 Å². The normalized spacial score (nSPS) is 9.76. The van der Waals surface area contributed by atoms with Gasteiger partial charge in [0.15, 0.2) is 23.0 Å². The van der Waals surface area contributed by atoms with E-state index in [0.717, 1.165) is 49.9 Å². The van der Waals surface area contributed by atoms with Crippen molar-refractivity contribution in [2.24, 2.45) is 0 Å². The Balaban J connectivity index is 0.000000182. The first-order valence-electron chi connectivity index (χ1n) is 15.0. The number of nitrogens with zero attached hydrogens (tertiary/aromatic N) is 6. The maximum Gasteiger partial charge on any atom is 0.351 e. The van der Waals surface area contributed by atoms with Gasteiger partial charge in [-0.15, -0.1) is 0 Å². The molecule has 0 saturated heterocycles. The zero-order chi connectivity index (χ0) is 36.1. The number of nitro groups is 2. The zero-order valence-corrected chi connectivity index (χ0v) is 26.6. The van der Waals surface area contributed by atoms with Gasteiger partial charge in [-0.05, 0) is 121 Å². The van der Waals surface area contributed by atoms with Crippen molar-refractivity contribution in [2.45, 2.75) is 25.7 Å². The topological polar surface area (TPSA) is 219 Å². The third kappa shape index (κ3) is 13.0. The molecular formula is C36H34N6O8. The van der Waals surface area contributed by atoms with Gasteiger partial charge in [-0.3, -0.25) is 40.2 Å². The third-order valence-electron chi connectivity index (χ3n) is 6.75. The van der Waals surface area contributed by atoms with Gasteiger partial charge in [-0.2, -0.15) is 0 Å². The van der Waals surface area contributed by atoms with E-state index in [1.807, 2.05) is 49.6 Å². The predicted octanol–water partition coefficient (Wildman–Crippen LogP) is 6.54. The van der Waals surface area contributed by atoms with Crippen LogP contribution in [0.3, 0.4) is 0 Å². The average molecular weight is 679 g/mol. The predicted molar refractivity (Wildman–Crippen MR) is 185 cm³/mol. The number of phenolic OH excluding ortho intramolecular Hbond substituents is 4. The van der Waals surface area contributed by atoms with Gasteiger partial charge in [0.1, 0.15) is 0 Å². The minimum atomic E-state index is -0.843. The summed E-state index contributed by atoms with van der Waals surface area (Å²) in [7, 11) is 0. The lowest BCUT2D eigenvalue weighted by Crippen LogP contribution is -1.91. The Morgan fingerprint density at radius 1 is 0.400 bits per heavy atom. The van der Waals surface area contributed by atoms with Crippen LogP contribution in [0, 0.1) is 20.2 Å². The molecule has 0 aliphatic heterocycles. The van der Waals surface area contributed by atoms with Gasteiger partial charge in [-0.25, -0.2) is 0 Å². The SMILES string of the molecule is O=[N+]([O-])c1c(O)cccc1O.O=[N+]([O-])c1c(O)cccc1O.c1cc(CCc2ccncc2)ccn1.c1cc(CCc2ccncc2)ccn1. The number of benzene rings is 2. The van der Waals surface area contributed by atoms with Gasteiger partial charge in [0, 0.05) is 49.6 Å². The largest absolute Gasteiger partial charge is 0.502 e. The van der Waals surface area contributed by atoms with Crippen molar-refractivity contribution in [3.63, 3.8) is 0 Å². The molecule has 2 aromatic carbocycles. The summed E-state index contributed by atoms with van der Waals surface area (Å²) in [6, 6.07) is 23.6. The summed E-state index contributed by atoms with van der Waals surface area (Å²) < 4.78 is 0. The van der Waals surface area contributed by atoms with Crippen LogP contribution in [-0.4, -0.2) is 50.2 Å². The highest BCUT2D eigenvalue weighted by Gasteiger charge is 2.18. The van der Waals surface area contributed by atoms with Crippen LogP contribution >= 0.6 is 0 Å². The van der Waals surface area contributed by atoms with Gasteiger partial charge >= 0.3 is 11.4 Å². The molecule has 0 atom stereocenters. The van der Waals surface area contributed by atoms with Crippen molar-refractivity contribution < 1.29 is 30.3 Å². The average Bonchev–Trinajstić information content (AvgIpc) is 3.12. The summed E-state index contributed by atoms with van der Waals surface area (Å²) in [4.78, 5) is 34.5. The van der Waals surface area contributed by atoms with Crippen LogP contribution in [-0.2, 0) is 25.7 Å². The minimum absolute atomic E-state index is 0.532. The van der Waals surface area contributed by atoms with Gasteiger partial charge in [-0.1, -0.05) is 12.1 Å². The summed E-state index contributed by atoms with van der Waals surface area (Å²) in [5, 5.41) is 55.7. The molecule has 0 saturated carbocycles. The second-order valence-electron chi connectivity index (χ2n) is 10.2. The van der Waals surface area contributed by atoms with Crippen molar-refractivity contribution in [3.8, 4) is 23.0 Å². The maximum absolute atomic E-state index is 10.1. The number of nitro benzene ring substituents is 2. The highest BCUT2D eigenvalue weighted by molar-refractivity contribution is 5.56. The smallest absolute Gasteiger partial charge is 0.351 e. The first-order valence-corrected chi connectivity index (χ1v) is 15.0. The molecule has 0 amide bonds. The third-order valence-corrected chi connectivity index (χ3v) is 6.75. The van der Waals surface area contributed by atoms with Crippen LogP contribution in [0.4, 0.5) is 11.4 Å². The van der Waals surface area contributed by atoms with Crippen LogP contribution in [0.5, 0.6) is 23.0 Å². The molecular weight excluding hydrogens is 644 g/mol. The van der Waals surface area contributed by atoms with E-state index in [1.165, 1.54) is 34.4 Å². The summed E-state index contributed by atoms with van der Waals surface area (Å²) in [5.41, 5.74) is 4.00. The molecule has 14 heteroatoms. The van der Waals surface area contributed by atoms with E-state index in [9.17, 15) is 20.2 Å². The zero-order valence-electron chi connectivity index (χ0n) is 26.6. The molecule has 0 aliphatic carbocycles. The number of aromatic hydroxyl groups is 4. The number of aryl methyl sites for hydroxylation is 4. The first kappa shape index (κ1) is 37.5. The van der Waals surface area contributed by atoms with Crippen LogP contribution in [0.25, 0.3) is 0 Å². The van der Waals surface area contributed by atoms with Crippen molar-refractivity contribution in [3.05, 3.63) is 177 Å². The molecule has 4 N–H and O–H groups in total. The monoisotopic (exact) mass is 678 g/mol. The quantitative estimate of drug-likeness (QED) is 0.0996. The lowest BCUT2D eigenvalue weighted by Gasteiger charge is -2.00. The van der Waals surface area contributed by atoms with Gasteiger partial charge in [0.2, 0.25) is 0 Å². The fourth-order valence-corrected chi connectivity index (χ4v) is 4.19. The highest BCUT2D eigenvalue weighted by Crippen LogP contribution is 2.34. The van der Waals surface area contributed by atoms with E-state index in [0.29, 0.717) is 0 Å². The molecule has 4 heterocycles. The lowest BCUT2D eigenvalue weighted by atomic mass is 10.1. The molecule has 0 bridgehead atoms. The Hall–Kier alpha value is -6.96. The molecule has 6 rings (SSSR count). The summed E-state index contributed by atoms with van der Waals surface area (Å²) in [5.74, 6) is -2.13. The molecule has 0 spiro atoms. The number of aromatic nitrogens is 4. The summed E-state index contributed by atoms with van der Waals surface area (Å²) in [6.07, 6.45) is 18.9. The van der Waals surface area contributed by atoms with Crippen molar-refractivity contribution in [2.75, 3.05) is 0 Å². The maximum atomic E-state index is 10.1. The van der Waals surface area contributed by atoms with E-state index in [1.54, 1.807) is 0 Å². The molecule has 0 aliphatic rings. The molecule has 14 nitrogen and oxygen atoms in total. The number of hydrogen-bond acceptors (Lipinski definition) is 12. The standard InChI is InChI=1S/2C12H12N2.2C6H5NO4/c2*1(11-3-7-13-8-4-11)2-12-5-9-14-10-6-12;2*8-4-2-1-3-5(9)6(4)7(10)11/h2*3-10H,1-2H2;2*1-3,8-9H. The first-order chi connectivity index (χ1) is 24.2. The molecule has 50 heavy (non-hydrogen) atoms. The molecule has 0 unspecified atom stereocenters. The number of pyridine rings is 4. The van der Waals surface area contributed by atoms with Crippen molar-refractivity contribution >= 4 is 11.4 Å². The molecule has 0 radical (unpaired) electrons. The van der Waals surface area contributed by atoms with Gasteiger partial charge in [0.05, 0.1) is 9.85 Å². The second-order valence-corrected chi connectivity index (χ2v) is 10.2. The van der Waals surface area contributed by atoms with E-state index in [4.69, 9.17) is 20.4 Å². The number of para-hydroxylation sites is 2. The van der Waals surface area contributed by atoms with Crippen molar-refractivity contribution in [1.82, 2.24) is 19.9 Å². The summed E-state index contributed by atoms with van der Waals surface area (Å²) >= 11 is 0.